The minimum atomic E-state index is -0.378. The minimum Gasteiger partial charge on any atom is -0.463 e. The number of amides is 1. The summed E-state index contributed by atoms with van der Waals surface area (Å²) in [7, 11) is 1.58. The second-order valence-electron chi connectivity index (χ2n) is 3.57. The van der Waals surface area contributed by atoms with Gasteiger partial charge in [-0.05, 0) is 13.8 Å². The lowest BCUT2D eigenvalue weighted by Crippen LogP contribution is -2.43. The molecule has 0 aliphatic heterocycles. The van der Waals surface area contributed by atoms with Crippen LogP contribution in [0.15, 0.2) is 12.2 Å². The molecule has 0 aromatic rings. The van der Waals surface area contributed by atoms with Gasteiger partial charge in [-0.25, -0.2) is 4.79 Å². The number of hydrogen-bond donors (Lipinski definition) is 2. The van der Waals surface area contributed by atoms with Gasteiger partial charge in [0.2, 0.25) is 5.91 Å². The van der Waals surface area contributed by atoms with Crippen LogP contribution in [0.4, 0.5) is 0 Å². The van der Waals surface area contributed by atoms with Crippen LogP contribution < -0.4 is 10.6 Å². The first kappa shape index (κ1) is 16.6. The zero-order chi connectivity index (χ0) is 13.8. The van der Waals surface area contributed by atoms with Crippen molar-refractivity contribution in [3.05, 3.63) is 12.2 Å². The van der Waals surface area contributed by atoms with E-state index in [4.69, 9.17) is 9.47 Å². The Morgan fingerprint density at radius 2 is 2.11 bits per heavy atom. The van der Waals surface area contributed by atoms with E-state index in [9.17, 15) is 9.59 Å². The molecule has 18 heavy (non-hydrogen) atoms. The first-order valence-corrected chi connectivity index (χ1v) is 5.95. The summed E-state index contributed by atoms with van der Waals surface area (Å²) in [5.74, 6) is -0.479. The van der Waals surface area contributed by atoms with Crippen molar-refractivity contribution in [1.29, 1.82) is 0 Å². The van der Waals surface area contributed by atoms with Gasteiger partial charge in [0.1, 0.15) is 0 Å². The van der Waals surface area contributed by atoms with E-state index < -0.39 is 0 Å². The Labute approximate surface area is 108 Å². The first-order chi connectivity index (χ1) is 8.61. The molecule has 0 bridgehead atoms. The van der Waals surface area contributed by atoms with E-state index in [0.717, 1.165) is 0 Å². The van der Waals surface area contributed by atoms with Crippen LogP contribution in [0.2, 0.25) is 0 Å². The molecule has 6 nitrogen and oxygen atoms in total. The van der Waals surface area contributed by atoms with E-state index in [2.05, 4.69) is 10.6 Å². The van der Waals surface area contributed by atoms with Gasteiger partial charge in [0, 0.05) is 26.3 Å². The molecule has 104 valence electrons. The molecule has 0 aromatic carbocycles. The molecule has 0 saturated carbocycles. The van der Waals surface area contributed by atoms with Gasteiger partial charge >= 0.3 is 5.97 Å². The van der Waals surface area contributed by atoms with Crippen molar-refractivity contribution in [2.45, 2.75) is 19.9 Å². The number of carbonyl (C=O) groups excluding carboxylic acids is 2. The van der Waals surface area contributed by atoms with E-state index in [0.29, 0.717) is 26.3 Å². The number of nitrogens with one attached hydrogen (secondary N) is 2. The van der Waals surface area contributed by atoms with Gasteiger partial charge in [0.05, 0.1) is 19.3 Å². The van der Waals surface area contributed by atoms with Crippen molar-refractivity contribution < 1.29 is 19.1 Å². The van der Waals surface area contributed by atoms with Crippen molar-refractivity contribution in [3.8, 4) is 0 Å². The highest BCUT2D eigenvalue weighted by Gasteiger charge is 2.09. The van der Waals surface area contributed by atoms with Crippen LogP contribution in [-0.4, -0.2) is 51.3 Å². The number of rotatable bonds is 9. The smallest absolute Gasteiger partial charge is 0.330 e. The van der Waals surface area contributed by atoms with Crippen LogP contribution in [0, 0.1) is 0 Å². The summed E-state index contributed by atoms with van der Waals surface area (Å²) >= 11 is 0. The topological polar surface area (TPSA) is 76.7 Å². The maximum atomic E-state index is 11.5. The van der Waals surface area contributed by atoms with Crippen molar-refractivity contribution in [2.75, 3.05) is 33.4 Å². The average molecular weight is 258 g/mol. The van der Waals surface area contributed by atoms with Gasteiger partial charge < -0.3 is 20.1 Å². The lowest BCUT2D eigenvalue weighted by atomic mass is 10.3. The Bertz CT molecular complexity index is 279. The maximum absolute atomic E-state index is 11.5. The molecule has 0 aromatic heterocycles. The Morgan fingerprint density at radius 1 is 1.39 bits per heavy atom. The van der Waals surface area contributed by atoms with E-state index >= 15 is 0 Å². The lowest BCUT2D eigenvalue weighted by Gasteiger charge is -2.12. The Morgan fingerprint density at radius 3 is 2.72 bits per heavy atom. The Kier molecular flexibility index (Phi) is 9.90. The summed E-state index contributed by atoms with van der Waals surface area (Å²) in [6.07, 6.45) is 2.96. The molecule has 1 atom stereocenters. The predicted molar refractivity (Wildman–Crippen MR) is 68.1 cm³/mol. The summed E-state index contributed by atoms with van der Waals surface area (Å²) in [6.45, 7) is 5.25. The molecular weight excluding hydrogens is 236 g/mol. The van der Waals surface area contributed by atoms with Gasteiger partial charge in [-0.2, -0.15) is 0 Å². The summed E-state index contributed by atoms with van der Waals surface area (Å²) < 4.78 is 9.54. The number of esters is 1. The largest absolute Gasteiger partial charge is 0.463 e. The highest BCUT2D eigenvalue weighted by Crippen LogP contribution is 1.84. The monoisotopic (exact) mass is 258 g/mol. The number of hydrogen-bond acceptors (Lipinski definition) is 5. The summed E-state index contributed by atoms with van der Waals surface area (Å²) in [5.41, 5.74) is 0. The number of methoxy groups -OCH3 is 1. The molecule has 0 aliphatic rings. The molecule has 1 amide bonds. The van der Waals surface area contributed by atoms with Gasteiger partial charge in [0.15, 0.2) is 0 Å². The second-order valence-corrected chi connectivity index (χ2v) is 3.57. The predicted octanol–water partition coefficient (Wildman–Crippen LogP) is -0.154. The summed E-state index contributed by atoms with van der Waals surface area (Å²) in [6, 6.07) is -0.325. The van der Waals surface area contributed by atoms with Gasteiger partial charge in [-0.15, -0.1) is 0 Å². The SMILES string of the molecule is CCOC(=O)/C=C/CNC(C)C(=O)NCCOC. The fourth-order valence-corrected chi connectivity index (χ4v) is 1.11. The van der Waals surface area contributed by atoms with Gasteiger partial charge in [-0.1, -0.05) is 6.08 Å². The van der Waals surface area contributed by atoms with Crippen LogP contribution >= 0.6 is 0 Å². The third-order valence-electron chi connectivity index (χ3n) is 2.08. The fourth-order valence-electron chi connectivity index (χ4n) is 1.11. The van der Waals surface area contributed by atoms with E-state index in [1.807, 2.05) is 0 Å². The minimum absolute atomic E-state index is 0.100. The molecule has 0 spiro atoms. The van der Waals surface area contributed by atoms with Gasteiger partial charge in [-0.3, -0.25) is 4.79 Å². The third-order valence-corrected chi connectivity index (χ3v) is 2.08. The van der Waals surface area contributed by atoms with E-state index in [1.54, 1.807) is 27.0 Å². The first-order valence-electron chi connectivity index (χ1n) is 5.95. The van der Waals surface area contributed by atoms with Crippen molar-refractivity contribution >= 4 is 11.9 Å². The molecular formula is C12H22N2O4. The maximum Gasteiger partial charge on any atom is 0.330 e. The quantitative estimate of drug-likeness (QED) is 0.341. The molecule has 0 heterocycles. The third kappa shape index (κ3) is 8.72. The summed E-state index contributed by atoms with van der Waals surface area (Å²) in [4.78, 5) is 22.5. The molecule has 0 saturated heterocycles. The summed E-state index contributed by atoms with van der Waals surface area (Å²) in [5, 5.41) is 5.67. The molecule has 1 unspecified atom stereocenters. The van der Waals surface area contributed by atoms with Crippen LogP contribution in [-0.2, 0) is 19.1 Å². The average Bonchev–Trinajstić information content (AvgIpc) is 2.35. The Hall–Kier alpha value is -1.40. The normalized spacial score (nSPS) is 12.4. The molecule has 0 rings (SSSR count). The molecule has 0 aliphatic carbocycles. The van der Waals surface area contributed by atoms with Crippen molar-refractivity contribution in [3.63, 3.8) is 0 Å². The second kappa shape index (κ2) is 10.7. The zero-order valence-electron chi connectivity index (χ0n) is 11.2. The Balaban J connectivity index is 3.72. The molecule has 0 fully saturated rings. The number of carbonyl (C=O) groups is 2. The van der Waals surface area contributed by atoms with E-state index in [1.165, 1.54) is 6.08 Å². The van der Waals surface area contributed by atoms with Crippen LogP contribution in [0.1, 0.15) is 13.8 Å². The van der Waals surface area contributed by atoms with Crippen LogP contribution in [0.3, 0.4) is 0 Å². The number of ether oxygens (including phenoxy) is 2. The molecule has 0 radical (unpaired) electrons. The van der Waals surface area contributed by atoms with Crippen LogP contribution in [0.5, 0.6) is 0 Å². The molecule has 2 N–H and O–H groups in total. The van der Waals surface area contributed by atoms with E-state index in [-0.39, 0.29) is 17.9 Å². The standard InChI is InChI=1S/C12H22N2O4/c1-4-18-11(15)6-5-7-13-10(2)12(16)14-8-9-17-3/h5-6,10,13H,4,7-9H2,1-3H3,(H,14,16)/b6-5+. The van der Waals surface area contributed by atoms with Crippen LogP contribution in [0.25, 0.3) is 0 Å². The van der Waals surface area contributed by atoms with Crippen molar-refractivity contribution in [1.82, 2.24) is 10.6 Å². The lowest BCUT2D eigenvalue weighted by molar-refractivity contribution is -0.137. The molecule has 6 heteroatoms. The van der Waals surface area contributed by atoms with Gasteiger partial charge in [0.25, 0.3) is 0 Å². The highest BCUT2D eigenvalue weighted by atomic mass is 16.5. The highest BCUT2D eigenvalue weighted by molar-refractivity contribution is 5.82. The zero-order valence-corrected chi connectivity index (χ0v) is 11.2. The van der Waals surface area contributed by atoms with Crippen molar-refractivity contribution in [2.24, 2.45) is 0 Å². The fraction of sp³-hybridized carbons (Fsp3) is 0.667.